The number of sulfone groups is 1. The number of nitrogens with one attached hydrogen (secondary N) is 2. The number of hydrogen-bond acceptors (Lipinski definition) is 4. The second-order valence-electron chi connectivity index (χ2n) is 7.20. The molecule has 2 heterocycles. The van der Waals surface area contributed by atoms with Gasteiger partial charge in [-0.3, -0.25) is 9.59 Å². The summed E-state index contributed by atoms with van der Waals surface area (Å²) in [6, 6.07) is 9.53. The molecule has 0 saturated carbocycles. The summed E-state index contributed by atoms with van der Waals surface area (Å²) in [6.07, 6.45) is 2.39. The lowest BCUT2D eigenvalue weighted by Gasteiger charge is -2.35. The van der Waals surface area contributed by atoms with Crippen molar-refractivity contribution in [3.63, 3.8) is 0 Å². The Balaban J connectivity index is 1.65. The highest BCUT2D eigenvalue weighted by atomic mass is 32.2. The van der Waals surface area contributed by atoms with E-state index in [1.807, 2.05) is 30.3 Å². The Morgan fingerprint density at radius 3 is 2.41 bits per heavy atom. The van der Waals surface area contributed by atoms with Crippen LogP contribution in [0.15, 0.2) is 36.0 Å². The van der Waals surface area contributed by atoms with Crippen molar-refractivity contribution in [2.75, 3.05) is 37.7 Å². The van der Waals surface area contributed by atoms with Gasteiger partial charge in [0.15, 0.2) is 9.84 Å². The van der Waals surface area contributed by atoms with Crippen LogP contribution in [0.25, 0.3) is 6.08 Å². The number of piperazine rings is 1. The van der Waals surface area contributed by atoms with Gasteiger partial charge in [0.2, 0.25) is 5.91 Å². The molecule has 27 heavy (non-hydrogen) atoms. The Morgan fingerprint density at radius 1 is 1.19 bits per heavy atom. The fraction of sp³-hybridized carbons (Fsp3) is 0.474. The van der Waals surface area contributed by atoms with Gasteiger partial charge in [-0.25, -0.2) is 8.42 Å². The maximum atomic E-state index is 12.9. The van der Waals surface area contributed by atoms with Crippen LogP contribution in [0, 0.1) is 0 Å². The number of quaternary nitrogens is 1. The first-order valence-corrected chi connectivity index (χ1v) is 11.0. The van der Waals surface area contributed by atoms with Crippen LogP contribution in [0.5, 0.6) is 0 Å². The molecule has 1 aromatic carbocycles. The SMILES string of the molecule is CC(=O)N/C(=C\c1ccccc1)C(=O)N1CC[NH+]([C@@H]2CCS(=O)(=O)C2)CC1. The summed E-state index contributed by atoms with van der Waals surface area (Å²) in [5, 5.41) is 2.65. The van der Waals surface area contributed by atoms with Crippen LogP contribution in [0.2, 0.25) is 0 Å². The predicted molar refractivity (Wildman–Crippen MR) is 103 cm³/mol. The summed E-state index contributed by atoms with van der Waals surface area (Å²) in [7, 11) is -2.89. The molecule has 146 valence electrons. The van der Waals surface area contributed by atoms with E-state index in [2.05, 4.69) is 5.32 Å². The van der Waals surface area contributed by atoms with Crippen molar-refractivity contribution in [1.29, 1.82) is 0 Å². The molecule has 1 aromatic rings. The van der Waals surface area contributed by atoms with E-state index in [0.717, 1.165) is 18.7 Å². The molecule has 0 unspecified atom stereocenters. The number of rotatable bonds is 4. The molecule has 0 radical (unpaired) electrons. The fourth-order valence-corrected chi connectivity index (χ4v) is 5.58. The largest absolute Gasteiger partial charge is 0.329 e. The van der Waals surface area contributed by atoms with Crippen molar-refractivity contribution in [1.82, 2.24) is 10.2 Å². The van der Waals surface area contributed by atoms with Gasteiger partial charge in [-0.2, -0.15) is 0 Å². The van der Waals surface area contributed by atoms with E-state index in [1.165, 1.54) is 11.8 Å². The summed E-state index contributed by atoms with van der Waals surface area (Å²) in [6.45, 7) is 3.94. The number of carbonyl (C=O) groups excluding carboxylic acids is 2. The maximum absolute atomic E-state index is 12.9. The second-order valence-corrected chi connectivity index (χ2v) is 9.43. The monoisotopic (exact) mass is 392 g/mol. The van der Waals surface area contributed by atoms with E-state index in [-0.39, 0.29) is 35.1 Å². The van der Waals surface area contributed by atoms with Crippen LogP contribution in [0.4, 0.5) is 0 Å². The molecule has 3 rings (SSSR count). The van der Waals surface area contributed by atoms with Crippen LogP contribution in [-0.4, -0.2) is 68.9 Å². The zero-order valence-electron chi connectivity index (χ0n) is 15.5. The maximum Gasteiger partial charge on any atom is 0.270 e. The molecule has 0 spiro atoms. The molecule has 7 nitrogen and oxygen atoms in total. The molecule has 0 bridgehead atoms. The molecule has 8 heteroatoms. The van der Waals surface area contributed by atoms with Crippen LogP contribution in [0.3, 0.4) is 0 Å². The minimum absolute atomic E-state index is 0.141. The quantitative estimate of drug-likeness (QED) is 0.649. The van der Waals surface area contributed by atoms with E-state index in [4.69, 9.17) is 0 Å². The average molecular weight is 393 g/mol. The highest BCUT2D eigenvalue weighted by Crippen LogP contribution is 2.11. The van der Waals surface area contributed by atoms with Gasteiger partial charge in [0.05, 0.1) is 31.9 Å². The van der Waals surface area contributed by atoms with Gasteiger partial charge >= 0.3 is 0 Å². The molecular formula is C19H26N3O4S+. The molecule has 0 aliphatic carbocycles. The van der Waals surface area contributed by atoms with E-state index < -0.39 is 9.84 Å². The van der Waals surface area contributed by atoms with Crippen LogP contribution >= 0.6 is 0 Å². The summed E-state index contributed by atoms with van der Waals surface area (Å²) >= 11 is 0. The number of carbonyl (C=O) groups is 2. The molecule has 2 fully saturated rings. The molecule has 2 aliphatic rings. The van der Waals surface area contributed by atoms with Gasteiger partial charge in [-0.1, -0.05) is 30.3 Å². The van der Waals surface area contributed by atoms with Crippen molar-refractivity contribution in [2.24, 2.45) is 0 Å². The molecule has 1 atom stereocenters. The van der Waals surface area contributed by atoms with Crippen LogP contribution in [0.1, 0.15) is 18.9 Å². The molecule has 2 saturated heterocycles. The fourth-order valence-electron chi connectivity index (χ4n) is 3.75. The second kappa shape index (κ2) is 8.22. The first-order chi connectivity index (χ1) is 12.8. The lowest BCUT2D eigenvalue weighted by Crippen LogP contribution is -3.18. The average Bonchev–Trinajstić information content (AvgIpc) is 3.01. The molecule has 2 aliphatic heterocycles. The Hall–Kier alpha value is -2.19. The third kappa shape index (κ3) is 5.17. The zero-order valence-corrected chi connectivity index (χ0v) is 16.3. The lowest BCUT2D eigenvalue weighted by atomic mass is 10.1. The Morgan fingerprint density at radius 2 is 1.85 bits per heavy atom. The minimum atomic E-state index is -2.89. The normalized spacial score (nSPS) is 23.2. The number of hydrogen-bond donors (Lipinski definition) is 2. The van der Waals surface area contributed by atoms with E-state index in [0.29, 0.717) is 19.5 Å². The van der Waals surface area contributed by atoms with Gasteiger partial charge in [0.25, 0.3) is 5.91 Å². The van der Waals surface area contributed by atoms with Crippen molar-refractivity contribution in [3.8, 4) is 0 Å². The Labute approximate surface area is 159 Å². The zero-order chi connectivity index (χ0) is 19.4. The van der Waals surface area contributed by atoms with Gasteiger partial charge < -0.3 is 15.1 Å². The molecule has 0 aromatic heterocycles. The van der Waals surface area contributed by atoms with Gasteiger partial charge in [-0.05, 0) is 11.6 Å². The minimum Gasteiger partial charge on any atom is -0.329 e. The van der Waals surface area contributed by atoms with E-state index in [9.17, 15) is 18.0 Å². The van der Waals surface area contributed by atoms with Gasteiger partial charge in [0.1, 0.15) is 17.5 Å². The number of nitrogens with zero attached hydrogens (tertiary/aromatic N) is 1. The van der Waals surface area contributed by atoms with Crippen molar-refractivity contribution >= 4 is 27.7 Å². The number of amides is 2. The highest BCUT2D eigenvalue weighted by Gasteiger charge is 2.37. The third-order valence-corrected chi connectivity index (χ3v) is 6.92. The third-order valence-electron chi connectivity index (χ3n) is 5.15. The van der Waals surface area contributed by atoms with Crippen molar-refractivity contribution < 1.29 is 22.9 Å². The summed E-state index contributed by atoms with van der Waals surface area (Å²) in [5.41, 5.74) is 1.11. The van der Waals surface area contributed by atoms with Gasteiger partial charge in [0, 0.05) is 13.3 Å². The summed E-state index contributed by atoms with van der Waals surface area (Å²) in [5.74, 6) is 0.0376. The smallest absolute Gasteiger partial charge is 0.270 e. The first kappa shape index (κ1) is 19.6. The Bertz CT molecular complexity index is 828. The van der Waals surface area contributed by atoms with Crippen LogP contribution in [-0.2, 0) is 19.4 Å². The van der Waals surface area contributed by atoms with Crippen molar-refractivity contribution in [2.45, 2.75) is 19.4 Å². The van der Waals surface area contributed by atoms with E-state index in [1.54, 1.807) is 11.0 Å². The Kier molecular flexibility index (Phi) is 5.96. The standard InChI is InChI=1S/C19H25N3O4S/c1-15(23)20-18(13-16-5-3-2-4-6-16)19(24)22-10-8-21(9-11-22)17-7-12-27(25,26)14-17/h2-6,13,17H,7-12,14H2,1H3,(H,20,23)/p+1/b18-13-/t17-/m1/s1. The summed E-state index contributed by atoms with van der Waals surface area (Å²) < 4.78 is 23.4. The van der Waals surface area contributed by atoms with Crippen LogP contribution < -0.4 is 10.2 Å². The molecule has 2 N–H and O–H groups in total. The molecule has 2 amide bonds. The highest BCUT2D eigenvalue weighted by molar-refractivity contribution is 7.91. The number of benzene rings is 1. The lowest BCUT2D eigenvalue weighted by molar-refractivity contribution is -0.925. The topological polar surface area (TPSA) is 88.0 Å². The van der Waals surface area contributed by atoms with Crippen molar-refractivity contribution in [3.05, 3.63) is 41.6 Å². The predicted octanol–water partition coefficient (Wildman–Crippen LogP) is -0.922. The first-order valence-electron chi connectivity index (χ1n) is 9.23. The van der Waals surface area contributed by atoms with Gasteiger partial charge in [-0.15, -0.1) is 0 Å². The summed E-state index contributed by atoms with van der Waals surface area (Å²) in [4.78, 5) is 27.4. The van der Waals surface area contributed by atoms with E-state index >= 15 is 0 Å². The molecular weight excluding hydrogens is 366 g/mol.